The van der Waals surface area contributed by atoms with Crippen molar-refractivity contribution in [2.24, 2.45) is 18.9 Å². The Bertz CT molecular complexity index is 2280. The first kappa shape index (κ1) is 42.0. The van der Waals surface area contributed by atoms with E-state index in [2.05, 4.69) is 20.5 Å². The summed E-state index contributed by atoms with van der Waals surface area (Å²) in [6, 6.07) is 12.4. The standard InChI is InChI=1S/C43H49Cl2N7O7/c1-43(2,3)59-42(57)52(22-28-11-12-35(53)47-28)21-26-10-9-25(19-34(26)58-5)38-37(45)30(13-15-46-38)29-7-6-8-32(36(29)44)49-40(54)39-48-31-14-16-51(23-33(31)50(39)4)20-24-17-27(18-24)41(55)56/h6-10,13,15,19,24,27-28H,11-12,14,16-18,20-23H2,1-5H3,(H,47,53)(H,49,54)(H,55,56). The summed E-state index contributed by atoms with van der Waals surface area (Å²) >= 11 is 14.1. The average Bonchev–Trinajstić information content (AvgIpc) is 3.74. The number of imidazole rings is 1. The smallest absolute Gasteiger partial charge is 0.410 e. The lowest BCUT2D eigenvalue weighted by Gasteiger charge is -2.37. The Labute approximate surface area is 353 Å². The number of carboxylic acids is 1. The first-order valence-corrected chi connectivity index (χ1v) is 20.5. The van der Waals surface area contributed by atoms with Crippen LogP contribution >= 0.6 is 23.2 Å². The van der Waals surface area contributed by atoms with Gasteiger partial charge in [0.2, 0.25) is 5.91 Å². The van der Waals surface area contributed by atoms with Gasteiger partial charge in [0, 0.05) is 80.6 Å². The highest BCUT2D eigenvalue weighted by Gasteiger charge is 2.36. The van der Waals surface area contributed by atoms with Crippen molar-refractivity contribution in [1.29, 1.82) is 0 Å². The van der Waals surface area contributed by atoms with E-state index in [0.29, 0.717) is 88.4 Å². The molecule has 3 amide bonds. The van der Waals surface area contributed by atoms with Gasteiger partial charge in [0.15, 0.2) is 5.82 Å². The van der Waals surface area contributed by atoms with Gasteiger partial charge in [-0.3, -0.25) is 24.3 Å². The number of anilines is 1. The second-order valence-corrected chi connectivity index (χ2v) is 17.3. The molecule has 4 heterocycles. The minimum Gasteiger partial charge on any atom is -0.496 e. The number of hydrogen-bond acceptors (Lipinski definition) is 9. The largest absolute Gasteiger partial charge is 0.496 e. The molecule has 0 radical (unpaired) electrons. The molecule has 1 unspecified atom stereocenters. The number of aliphatic carboxylic acids is 1. The number of carboxylic acid groups (broad SMARTS) is 1. The fourth-order valence-electron chi connectivity index (χ4n) is 8.06. The summed E-state index contributed by atoms with van der Waals surface area (Å²) in [5.41, 5.74) is 4.58. The zero-order valence-electron chi connectivity index (χ0n) is 33.8. The van der Waals surface area contributed by atoms with E-state index in [0.717, 1.165) is 30.0 Å². The molecule has 1 aliphatic carbocycles. The van der Waals surface area contributed by atoms with Crippen LogP contribution < -0.4 is 15.4 Å². The van der Waals surface area contributed by atoms with Gasteiger partial charge in [0.05, 0.1) is 52.4 Å². The van der Waals surface area contributed by atoms with Crippen molar-refractivity contribution in [3.05, 3.63) is 81.5 Å². The van der Waals surface area contributed by atoms with Crippen LogP contribution in [-0.4, -0.2) is 91.7 Å². The average molecular weight is 847 g/mol. The van der Waals surface area contributed by atoms with Crippen molar-refractivity contribution in [2.45, 2.75) is 77.6 Å². The van der Waals surface area contributed by atoms with E-state index in [-0.39, 0.29) is 36.8 Å². The summed E-state index contributed by atoms with van der Waals surface area (Å²) in [5.74, 6) is -0.256. The molecular formula is C43H49Cl2N7O7. The van der Waals surface area contributed by atoms with Gasteiger partial charge < -0.3 is 34.7 Å². The lowest BCUT2D eigenvalue weighted by atomic mass is 9.74. The first-order valence-electron chi connectivity index (χ1n) is 19.8. The third-order valence-electron chi connectivity index (χ3n) is 11.2. The predicted molar refractivity (Wildman–Crippen MR) is 223 cm³/mol. The lowest BCUT2D eigenvalue weighted by molar-refractivity contribution is -0.146. The number of carbonyl (C=O) groups excluding carboxylic acids is 3. The second kappa shape index (κ2) is 17.2. The van der Waals surface area contributed by atoms with Gasteiger partial charge in [0.25, 0.3) is 5.91 Å². The summed E-state index contributed by atoms with van der Waals surface area (Å²) in [5, 5.41) is 15.8. The topological polar surface area (TPSA) is 168 Å². The molecule has 1 saturated heterocycles. The summed E-state index contributed by atoms with van der Waals surface area (Å²) in [6.45, 7) is 8.14. The molecule has 1 atom stereocenters. The van der Waals surface area contributed by atoms with Gasteiger partial charge in [-0.15, -0.1) is 0 Å². The molecule has 4 aromatic rings. The van der Waals surface area contributed by atoms with Gasteiger partial charge >= 0.3 is 12.1 Å². The van der Waals surface area contributed by atoms with E-state index in [1.165, 1.54) is 0 Å². The maximum absolute atomic E-state index is 13.7. The molecule has 2 fully saturated rings. The van der Waals surface area contributed by atoms with Gasteiger partial charge in [0.1, 0.15) is 11.4 Å². The lowest BCUT2D eigenvalue weighted by Crippen LogP contribution is -2.43. The van der Waals surface area contributed by atoms with Crippen molar-refractivity contribution in [3.63, 3.8) is 0 Å². The Balaban J connectivity index is 1.08. The number of rotatable bonds is 12. The molecule has 2 aromatic carbocycles. The summed E-state index contributed by atoms with van der Waals surface area (Å²) in [7, 11) is 3.38. The van der Waals surface area contributed by atoms with Crippen LogP contribution in [0.15, 0.2) is 48.7 Å². The van der Waals surface area contributed by atoms with Crippen LogP contribution in [0.3, 0.4) is 0 Å². The number of nitrogens with zero attached hydrogens (tertiary/aromatic N) is 5. The Morgan fingerprint density at radius 1 is 1.07 bits per heavy atom. The molecule has 16 heteroatoms. The Kier molecular flexibility index (Phi) is 12.2. The number of pyridine rings is 1. The van der Waals surface area contributed by atoms with E-state index >= 15 is 0 Å². The van der Waals surface area contributed by atoms with Crippen molar-refractivity contribution in [2.75, 3.05) is 32.1 Å². The fourth-order valence-corrected chi connectivity index (χ4v) is 8.66. The molecule has 1 saturated carbocycles. The molecule has 59 heavy (non-hydrogen) atoms. The molecule has 3 aliphatic rings. The number of methoxy groups -OCH3 is 1. The van der Waals surface area contributed by atoms with Gasteiger partial charge in [-0.05, 0) is 64.2 Å². The predicted octanol–water partition coefficient (Wildman–Crippen LogP) is 7.20. The zero-order chi connectivity index (χ0) is 42.2. The van der Waals surface area contributed by atoms with Crippen LogP contribution in [0.25, 0.3) is 22.4 Å². The van der Waals surface area contributed by atoms with Crippen LogP contribution in [0.1, 0.15) is 74.0 Å². The van der Waals surface area contributed by atoms with Crippen LogP contribution in [-0.2, 0) is 40.9 Å². The van der Waals surface area contributed by atoms with Crippen molar-refractivity contribution in [1.82, 2.24) is 29.7 Å². The number of halogens is 2. The van der Waals surface area contributed by atoms with E-state index in [1.54, 1.807) is 57.2 Å². The number of aromatic nitrogens is 3. The van der Waals surface area contributed by atoms with Gasteiger partial charge in [-0.25, -0.2) is 9.78 Å². The van der Waals surface area contributed by atoms with E-state index in [4.69, 9.17) is 37.7 Å². The second-order valence-electron chi connectivity index (χ2n) is 16.6. The minimum atomic E-state index is -0.719. The number of nitrogens with one attached hydrogen (secondary N) is 2. The zero-order valence-corrected chi connectivity index (χ0v) is 35.3. The van der Waals surface area contributed by atoms with Gasteiger partial charge in [-0.1, -0.05) is 47.5 Å². The maximum atomic E-state index is 13.7. The SMILES string of the molecule is COc1cc(-c2nccc(-c3cccc(NC(=O)c4nc5c(n4C)CN(CC4CC(C(=O)O)C4)CC5)c3Cl)c2Cl)ccc1CN(CC1CCC(=O)N1)C(=O)OC(C)(C)C. The molecule has 7 rings (SSSR count). The van der Waals surface area contributed by atoms with Crippen molar-refractivity contribution < 1.29 is 33.8 Å². The summed E-state index contributed by atoms with van der Waals surface area (Å²) in [4.78, 5) is 63.4. The number of ether oxygens (including phenoxy) is 2. The van der Waals surface area contributed by atoms with Gasteiger partial charge in [-0.2, -0.15) is 0 Å². The Morgan fingerprint density at radius 3 is 2.53 bits per heavy atom. The van der Waals surface area contributed by atoms with E-state index < -0.39 is 23.6 Å². The monoisotopic (exact) mass is 845 g/mol. The van der Waals surface area contributed by atoms with E-state index in [1.807, 2.05) is 35.9 Å². The summed E-state index contributed by atoms with van der Waals surface area (Å²) < 4.78 is 13.3. The molecular weight excluding hydrogens is 797 g/mol. The Hall–Kier alpha value is -5.18. The third-order valence-corrected chi connectivity index (χ3v) is 12.0. The highest BCUT2D eigenvalue weighted by Crippen LogP contribution is 2.42. The third kappa shape index (κ3) is 9.35. The minimum absolute atomic E-state index is 0.0404. The molecule has 0 spiro atoms. The molecule has 2 aromatic heterocycles. The van der Waals surface area contributed by atoms with Crippen LogP contribution in [0, 0.1) is 11.8 Å². The number of benzene rings is 2. The number of hydrogen-bond donors (Lipinski definition) is 3. The fraction of sp³-hybridized carbons (Fsp3) is 0.442. The molecule has 0 bridgehead atoms. The maximum Gasteiger partial charge on any atom is 0.410 e. The van der Waals surface area contributed by atoms with Crippen molar-refractivity contribution in [3.8, 4) is 28.1 Å². The molecule has 14 nitrogen and oxygen atoms in total. The number of fused-ring (bicyclic) bond motifs is 1. The molecule has 3 N–H and O–H groups in total. The van der Waals surface area contributed by atoms with E-state index in [9.17, 15) is 24.3 Å². The normalized spacial score (nSPS) is 19.0. The molecule has 2 aliphatic heterocycles. The quantitative estimate of drug-likeness (QED) is 0.133. The van der Waals surface area contributed by atoms with Crippen molar-refractivity contribution >= 4 is 52.8 Å². The van der Waals surface area contributed by atoms with Crippen LogP contribution in [0.5, 0.6) is 5.75 Å². The highest BCUT2D eigenvalue weighted by molar-refractivity contribution is 6.39. The highest BCUT2D eigenvalue weighted by atomic mass is 35.5. The number of amides is 3. The van der Waals surface area contributed by atoms with Crippen LogP contribution in [0.2, 0.25) is 10.0 Å². The summed E-state index contributed by atoms with van der Waals surface area (Å²) in [6.07, 6.45) is 4.28. The van der Waals surface area contributed by atoms with Crippen LogP contribution in [0.4, 0.5) is 10.5 Å². The molecule has 312 valence electrons. The first-order chi connectivity index (χ1) is 28.1. The number of carbonyl (C=O) groups is 4. The Morgan fingerprint density at radius 2 is 1.83 bits per heavy atom.